The van der Waals surface area contributed by atoms with Crippen LogP contribution in [0.3, 0.4) is 0 Å². The van der Waals surface area contributed by atoms with Crippen LogP contribution in [-0.2, 0) is 14.8 Å². The Hall–Kier alpha value is -2.25. The van der Waals surface area contributed by atoms with Crippen LogP contribution >= 0.6 is 0 Å². The molecule has 0 heterocycles. The van der Waals surface area contributed by atoms with Gasteiger partial charge in [-0.15, -0.1) is 0 Å². The van der Waals surface area contributed by atoms with Gasteiger partial charge >= 0.3 is 0 Å². The Morgan fingerprint density at radius 3 is 2.20 bits per heavy atom. The van der Waals surface area contributed by atoms with Crippen molar-refractivity contribution in [1.82, 2.24) is 4.72 Å². The zero-order chi connectivity index (χ0) is 18.8. The summed E-state index contributed by atoms with van der Waals surface area (Å²) in [5.41, 5.74) is 3.94. The lowest BCUT2D eigenvalue weighted by Crippen LogP contribution is -2.33. The average Bonchev–Trinajstić information content (AvgIpc) is 2.51. The molecule has 2 aromatic carbocycles. The first-order valence-corrected chi connectivity index (χ1v) is 9.22. The molecule has 0 saturated carbocycles. The van der Waals surface area contributed by atoms with Crippen molar-refractivity contribution in [3.05, 3.63) is 58.4 Å². The predicted molar refractivity (Wildman–Crippen MR) is 95.6 cm³/mol. The topological polar surface area (TPSA) is 75.3 Å². The third-order valence-corrected chi connectivity index (χ3v) is 5.35. The number of hydrogen-bond acceptors (Lipinski definition) is 3. The maximum absolute atomic E-state index is 13.3. The fourth-order valence-corrected chi connectivity index (χ4v) is 3.90. The second-order valence-electron chi connectivity index (χ2n) is 6.06. The number of sulfonamides is 1. The number of carbonyl (C=O) groups is 1. The lowest BCUT2D eigenvalue weighted by molar-refractivity contribution is -0.115. The fraction of sp³-hybridized carbons (Fsp3) is 0.278. The number of halogens is 1. The highest BCUT2D eigenvalue weighted by molar-refractivity contribution is 7.89. The summed E-state index contributed by atoms with van der Waals surface area (Å²) in [6, 6.07) is 7.36. The quantitative estimate of drug-likeness (QED) is 0.856. The van der Waals surface area contributed by atoms with Crippen molar-refractivity contribution in [2.24, 2.45) is 0 Å². The van der Waals surface area contributed by atoms with Crippen molar-refractivity contribution >= 4 is 21.6 Å². The molecule has 0 unspecified atom stereocenters. The van der Waals surface area contributed by atoms with E-state index in [4.69, 9.17) is 0 Å². The van der Waals surface area contributed by atoms with Crippen LogP contribution in [0.25, 0.3) is 0 Å². The van der Waals surface area contributed by atoms with Crippen molar-refractivity contribution < 1.29 is 17.6 Å². The van der Waals surface area contributed by atoms with E-state index in [2.05, 4.69) is 10.0 Å². The van der Waals surface area contributed by atoms with Gasteiger partial charge in [0.25, 0.3) is 0 Å². The van der Waals surface area contributed by atoms with E-state index in [9.17, 15) is 17.6 Å². The number of aryl methyl sites for hydroxylation is 4. The van der Waals surface area contributed by atoms with Gasteiger partial charge in [0.2, 0.25) is 15.9 Å². The molecule has 0 fully saturated rings. The van der Waals surface area contributed by atoms with Crippen LogP contribution in [0, 0.1) is 33.5 Å². The first-order valence-electron chi connectivity index (χ1n) is 7.73. The van der Waals surface area contributed by atoms with Gasteiger partial charge < -0.3 is 5.32 Å². The number of benzene rings is 2. The van der Waals surface area contributed by atoms with Gasteiger partial charge in [-0.25, -0.2) is 17.5 Å². The summed E-state index contributed by atoms with van der Waals surface area (Å²) in [4.78, 5) is 11.9. The van der Waals surface area contributed by atoms with Crippen LogP contribution in [0.1, 0.15) is 22.3 Å². The molecule has 7 heteroatoms. The highest BCUT2D eigenvalue weighted by Gasteiger charge is 2.19. The normalized spacial score (nSPS) is 11.4. The molecular weight excluding hydrogens is 343 g/mol. The standard InChI is InChI=1S/C18H21FN2O3S/c1-11-7-13(3)18(14(4)8-11)21-17(22)10-20-25(23,24)16-9-15(19)6-5-12(16)2/h5-9,20H,10H2,1-4H3,(H,21,22). The van der Waals surface area contributed by atoms with Crippen LogP contribution in [-0.4, -0.2) is 20.9 Å². The van der Waals surface area contributed by atoms with Gasteiger partial charge in [0.15, 0.2) is 0 Å². The van der Waals surface area contributed by atoms with Crippen molar-refractivity contribution in [3.8, 4) is 0 Å². The van der Waals surface area contributed by atoms with Crippen molar-refractivity contribution in [2.45, 2.75) is 32.6 Å². The van der Waals surface area contributed by atoms with Crippen molar-refractivity contribution in [1.29, 1.82) is 0 Å². The molecule has 0 atom stereocenters. The SMILES string of the molecule is Cc1cc(C)c(NC(=O)CNS(=O)(=O)c2cc(F)ccc2C)c(C)c1. The molecule has 0 aromatic heterocycles. The average molecular weight is 364 g/mol. The second-order valence-corrected chi connectivity index (χ2v) is 7.79. The van der Waals surface area contributed by atoms with Crippen molar-refractivity contribution in [2.75, 3.05) is 11.9 Å². The zero-order valence-electron chi connectivity index (χ0n) is 14.6. The minimum absolute atomic E-state index is 0.178. The van der Waals surface area contributed by atoms with Gasteiger partial charge in [-0.1, -0.05) is 23.8 Å². The van der Waals surface area contributed by atoms with Gasteiger partial charge in [-0.3, -0.25) is 4.79 Å². The monoisotopic (exact) mass is 364 g/mol. The molecule has 0 spiro atoms. The highest BCUT2D eigenvalue weighted by atomic mass is 32.2. The van der Waals surface area contributed by atoms with Crippen molar-refractivity contribution in [3.63, 3.8) is 0 Å². The Balaban J connectivity index is 2.11. The fourth-order valence-electron chi connectivity index (χ4n) is 2.66. The van der Waals surface area contributed by atoms with Gasteiger partial charge in [0.05, 0.1) is 11.4 Å². The predicted octanol–water partition coefficient (Wildman–Crippen LogP) is 2.98. The van der Waals surface area contributed by atoms with E-state index in [1.165, 1.54) is 12.1 Å². The lowest BCUT2D eigenvalue weighted by Gasteiger charge is -2.14. The number of rotatable bonds is 5. The van der Waals surface area contributed by atoms with E-state index in [1.807, 2.05) is 32.9 Å². The molecule has 2 rings (SSSR count). The summed E-state index contributed by atoms with van der Waals surface area (Å²) in [7, 11) is -3.98. The Morgan fingerprint density at radius 2 is 1.60 bits per heavy atom. The molecule has 134 valence electrons. The minimum atomic E-state index is -3.98. The maximum atomic E-state index is 13.3. The van der Waals surface area contributed by atoms with Gasteiger partial charge in [-0.2, -0.15) is 0 Å². The number of anilines is 1. The first-order chi connectivity index (χ1) is 11.6. The second kappa shape index (κ2) is 7.33. The van der Waals surface area contributed by atoms with Gasteiger partial charge in [-0.05, 0) is 56.5 Å². The lowest BCUT2D eigenvalue weighted by atomic mass is 10.1. The van der Waals surface area contributed by atoms with E-state index in [-0.39, 0.29) is 4.90 Å². The minimum Gasteiger partial charge on any atom is -0.324 e. The third kappa shape index (κ3) is 4.64. The number of carbonyl (C=O) groups excluding carboxylic acids is 1. The number of hydrogen-bond donors (Lipinski definition) is 2. The van der Waals surface area contributed by atoms with E-state index in [0.717, 1.165) is 22.8 Å². The smallest absolute Gasteiger partial charge is 0.241 e. The molecular formula is C18H21FN2O3S. The summed E-state index contributed by atoms with van der Waals surface area (Å²) in [6.45, 7) is 6.82. The van der Waals surface area contributed by atoms with Crippen LogP contribution in [0.5, 0.6) is 0 Å². The molecule has 0 aliphatic heterocycles. The Morgan fingerprint density at radius 1 is 1.00 bits per heavy atom. The third-order valence-electron chi connectivity index (χ3n) is 3.80. The van der Waals surface area contributed by atoms with Crippen LogP contribution < -0.4 is 10.0 Å². The molecule has 0 radical (unpaired) electrons. The van der Waals surface area contributed by atoms with E-state index in [0.29, 0.717) is 11.3 Å². The summed E-state index contributed by atoms with van der Waals surface area (Å²) in [5, 5.41) is 2.72. The molecule has 5 nitrogen and oxygen atoms in total. The summed E-state index contributed by atoms with van der Waals surface area (Å²) in [5.74, 6) is -1.14. The Kier molecular flexibility index (Phi) is 5.59. The first kappa shape index (κ1) is 19.1. The zero-order valence-corrected chi connectivity index (χ0v) is 15.4. The molecule has 0 bridgehead atoms. The summed E-state index contributed by atoms with van der Waals surface area (Å²) in [6.07, 6.45) is 0. The highest BCUT2D eigenvalue weighted by Crippen LogP contribution is 2.22. The Labute approximate surface area is 147 Å². The van der Waals surface area contributed by atoms with Gasteiger partial charge in [0.1, 0.15) is 5.82 Å². The van der Waals surface area contributed by atoms with Crippen LogP contribution in [0.15, 0.2) is 35.2 Å². The molecule has 2 N–H and O–H groups in total. The van der Waals surface area contributed by atoms with E-state index in [1.54, 1.807) is 6.92 Å². The molecule has 0 aliphatic carbocycles. The molecule has 1 amide bonds. The summed E-state index contributed by atoms with van der Waals surface area (Å²) >= 11 is 0. The Bertz CT molecular complexity index is 901. The largest absolute Gasteiger partial charge is 0.324 e. The molecule has 25 heavy (non-hydrogen) atoms. The molecule has 0 saturated heterocycles. The number of amides is 1. The molecule has 2 aromatic rings. The van der Waals surface area contributed by atoms with E-state index < -0.39 is 28.3 Å². The van der Waals surface area contributed by atoms with Crippen LogP contribution in [0.4, 0.5) is 10.1 Å². The molecule has 0 aliphatic rings. The van der Waals surface area contributed by atoms with Gasteiger partial charge in [0, 0.05) is 5.69 Å². The maximum Gasteiger partial charge on any atom is 0.241 e. The number of nitrogens with one attached hydrogen (secondary N) is 2. The van der Waals surface area contributed by atoms with E-state index >= 15 is 0 Å². The summed E-state index contributed by atoms with van der Waals surface area (Å²) < 4.78 is 40.1. The van der Waals surface area contributed by atoms with Crippen LogP contribution in [0.2, 0.25) is 0 Å².